The van der Waals surface area contributed by atoms with Gasteiger partial charge in [-0.2, -0.15) is 0 Å². The van der Waals surface area contributed by atoms with E-state index in [2.05, 4.69) is 10.6 Å². The van der Waals surface area contributed by atoms with Crippen molar-refractivity contribution in [3.63, 3.8) is 0 Å². The molecule has 578 valence electrons. The molecular formula is C74H104N2O28. The monoisotopic (exact) mass is 1470 g/mol. The quantitative estimate of drug-likeness (QED) is 0.0177. The number of nitrogens with one attached hydrogen (secondary N) is 2. The van der Waals surface area contributed by atoms with E-state index < -0.39 is 181 Å². The van der Waals surface area contributed by atoms with Gasteiger partial charge in [0.25, 0.3) is 5.91 Å². The summed E-state index contributed by atoms with van der Waals surface area (Å²) < 4.78 is 66.2. The average Bonchev–Trinajstić information content (AvgIpc) is 0.667. The van der Waals surface area contributed by atoms with Crippen LogP contribution in [-0.4, -0.2) is 243 Å². The van der Waals surface area contributed by atoms with Crippen LogP contribution in [0.1, 0.15) is 140 Å². The van der Waals surface area contributed by atoms with Crippen LogP contribution in [0.2, 0.25) is 0 Å². The van der Waals surface area contributed by atoms with Gasteiger partial charge in [0.2, 0.25) is 12.0 Å². The molecule has 3 aliphatic carbocycles. The summed E-state index contributed by atoms with van der Waals surface area (Å²) in [5.74, 6) is -9.77. The summed E-state index contributed by atoms with van der Waals surface area (Å²) in [6.07, 6.45) is -13.5. The minimum absolute atomic E-state index is 0.0215. The van der Waals surface area contributed by atoms with E-state index >= 15 is 9.59 Å². The third kappa shape index (κ3) is 21.2. The first-order chi connectivity index (χ1) is 49.4. The zero-order chi connectivity index (χ0) is 77.3. The lowest BCUT2D eigenvalue weighted by molar-refractivity contribution is -0.306. The van der Waals surface area contributed by atoms with E-state index in [9.17, 15) is 48.9 Å². The molecule has 9 N–H and O–H groups in total. The van der Waals surface area contributed by atoms with Crippen LogP contribution in [0.15, 0.2) is 102 Å². The summed E-state index contributed by atoms with van der Waals surface area (Å²) in [4.78, 5) is 127. The molecule has 0 radical (unpaired) electrons. The van der Waals surface area contributed by atoms with Gasteiger partial charge in [-0.15, -0.1) is 0 Å². The second-order valence-electron chi connectivity index (χ2n) is 26.2. The Bertz CT molecular complexity index is 3260. The van der Waals surface area contributed by atoms with Crippen LogP contribution in [0.3, 0.4) is 0 Å². The van der Waals surface area contributed by atoms with Crippen LogP contribution in [0, 0.1) is 22.2 Å². The van der Waals surface area contributed by atoms with Gasteiger partial charge in [0, 0.05) is 64.4 Å². The number of rotatable bonds is 35. The third-order valence-corrected chi connectivity index (χ3v) is 19.6. The van der Waals surface area contributed by atoms with Crippen LogP contribution >= 0.6 is 0 Å². The van der Waals surface area contributed by atoms with Crippen LogP contribution in [0.4, 0.5) is 0 Å². The van der Waals surface area contributed by atoms with E-state index in [-0.39, 0.29) is 86.1 Å². The highest BCUT2D eigenvalue weighted by Crippen LogP contribution is 2.66. The second kappa shape index (κ2) is 40.8. The van der Waals surface area contributed by atoms with Gasteiger partial charge >= 0.3 is 29.8 Å². The van der Waals surface area contributed by atoms with Gasteiger partial charge in [-0.3, -0.25) is 33.6 Å². The second-order valence-corrected chi connectivity index (χ2v) is 26.2. The Balaban J connectivity index is 0.000000759. The molecule has 17 atom stereocenters. The van der Waals surface area contributed by atoms with Crippen LogP contribution in [0.25, 0.3) is 0 Å². The lowest BCUT2D eigenvalue weighted by atomic mass is 9.41. The SMILES string of the molecule is CCC(CO)OC(CO)OC.CCC(CO)OC(CO)OC.CCC(COC(=O)CCC(=O)NCC(=O)O[C@@H](C(=O)O[C@H]1C[C@@]2(O)[C@@H](OC(=O)c3ccccc3)C3[C@](C)(C(=O)[C@H](OC(C)=O)C(=C1C)C2(C)C)[C@@H](O)C[C@H]1OC[C@@]31C(C)=O)[C@@H](NC(=O)c1ccccc1)c1ccccc1)OC(CO)OC. The Hall–Kier alpha value is -7.53. The molecule has 104 heavy (non-hydrogen) atoms. The summed E-state index contributed by atoms with van der Waals surface area (Å²) in [5, 5.41) is 75.4. The van der Waals surface area contributed by atoms with Gasteiger partial charge < -0.3 is 103 Å². The van der Waals surface area contributed by atoms with Crippen molar-refractivity contribution >= 4 is 53.2 Å². The molecule has 3 aromatic carbocycles. The standard InChI is InChI=1S/C60H72N2O20.2C7H16O4/c1-9-39(79-46(30-63)75-8)31-76-44(68)26-25-43(67)61-29-45(69)81-50(48(36-19-13-10-14-20-36)62-54(71)37-21-15-11-16-22-37)56(73)80-40-28-60(74)53(82-55(72)38-23-17-12-18-24-38)51-58(7,41(66)27-42-59(51,32-77-42)34(3)64)52(70)49(78-35(4)65)47(33(40)2)57(60,5)6;2*1-3-6(4-8)11-7(5-9)10-2/h10-24,39-42,46,48-51,53,63,66,74H,9,25-32H2,1-8H3,(H,61,67)(H,62,71);2*6-9H,3-5H2,1-2H3/t39?,40-,41-,42+,46?,48-,49+,50+,51?,53-,58+,59-,60+;;/m0../s1. The van der Waals surface area contributed by atoms with Crippen molar-refractivity contribution in [2.45, 2.75) is 193 Å². The smallest absolute Gasteiger partial charge is 0.350 e. The van der Waals surface area contributed by atoms with Crippen LogP contribution < -0.4 is 10.6 Å². The highest BCUT2D eigenvalue weighted by atomic mass is 16.7. The fraction of sp³-hybridized carbons (Fsp3) is 0.608. The first-order valence-corrected chi connectivity index (χ1v) is 34.5. The number of hydrogen-bond donors (Lipinski definition) is 9. The molecule has 3 fully saturated rings. The van der Waals surface area contributed by atoms with E-state index in [4.69, 9.17) is 77.3 Å². The lowest BCUT2D eigenvalue weighted by Crippen LogP contribution is -2.79. The molecule has 7 unspecified atom stereocenters. The molecule has 0 spiro atoms. The first-order valence-electron chi connectivity index (χ1n) is 34.5. The zero-order valence-electron chi connectivity index (χ0n) is 61.1. The predicted octanol–water partition coefficient (Wildman–Crippen LogP) is 3.24. The fourth-order valence-corrected chi connectivity index (χ4v) is 13.3. The molecule has 2 bridgehead atoms. The molecule has 3 aromatic rings. The largest absolute Gasteiger partial charge is 0.463 e. The Morgan fingerprint density at radius 2 is 1.16 bits per heavy atom. The van der Waals surface area contributed by atoms with Crippen LogP contribution in [-0.2, 0) is 90.4 Å². The first kappa shape index (κ1) is 87.1. The molecule has 1 heterocycles. The summed E-state index contributed by atoms with van der Waals surface area (Å²) in [7, 11) is 4.24. The minimum atomic E-state index is -2.51. The number of carbonyl (C=O) groups excluding carboxylic acids is 9. The minimum Gasteiger partial charge on any atom is -0.463 e. The highest BCUT2D eigenvalue weighted by molar-refractivity contribution is 5.98. The third-order valence-electron chi connectivity index (χ3n) is 19.6. The van der Waals surface area contributed by atoms with Crippen LogP contribution in [0.5, 0.6) is 0 Å². The fourth-order valence-electron chi connectivity index (χ4n) is 13.3. The number of Topliss-reactive ketones (excluding diaryl/α,β-unsaturated/α-hetero) is 2. The lowest BCUT2D eigenvalue weighted by Gasteiger charge is -2.67. The average molecular weight is 1470 g/mol. The van der Waals surface area contributed by atoms with Crippen molar-refractivity contribution in [2.75, 3.05) is 74.1 Å². The maximum Gasteiger partial charge on any atom is 0.350 e. The highest BCUT2D eigenvalue weighted by Gasteiger charge is 2.78. The molecule has 4 aliphatic rings. The number of methoxy groups -OCH3 is 3. The zero-order valence-corrected chi connectivity index (χ0v) is 61.1. The number of ether oxygens (including phenoxy) is 12. The molecule has 7 rings (SSSR count). The van der Waals surface area contributed by atoms with Gasteiger partial charge in [0.15, 0.2) is 30.8 Å². The molecular weight excluding hydrogens is 1360 g/mol. The topological polar surface area (TPSA) is 430 Å². The molecule has 30 heteroatoms. The van der Waals surface area contributed by atoms with Crippen molar-refractivity contribution in [3.05, 3.63) is 119 Å². The Labute approximate surface area is 605 Å². The Morgan fingerprint density at radius 3 is 1.62 bits per heavy atom. The number of esters is 5. The summed E-state index contributed by atoms with van der Waals surface area (Å²) in [6.45, 7) is 11.5. The number of benzene rings is 3. The van der Waals surface area contributed by atoms with E-state index in [0.717, 1.165) is 6.92 Å². The number of amides is 2. The molecule has 2 saturated carbocycles. The van der Waals surface area contributed by atoms with Crippen molar-refractivity contribution in [3.8, 4) is 0 Å². The van der Waals surface area contributed by atoms with Crippen molar-refractivity contribution in [1.82, 2.24) is 10.6 Å². The number of carbonyl (C=O) groups is 9. The summed E-state index contributed by atoms with van der Waals surface area (Å²) >= 11 is 0. The number of aliphatic hydroxyl groups excluding tert-OH is 6. The number of ketones is 2. The van der Waals surface area contributed by atoms with E-state index in [0.29, 0.717) is 19.3 Å². The van der Waals surface area contributed by atoms with Gasteiger partial charge in [0.05, 0.1) is 93.0 Å². The van der Waals surface area contributed by atoms with Gasteiger partial charge in [-0.1, -0.05) is 101 Å². The normalized spacial score (nSPS) is 25.2. The van der Waals surface area contributed by atoms with E-state index in [1.54, 1.807) is 61.5 Å². The van der Waals surface area contributed by atoms with Gasteiger partial charge in [-0.25, -0.2) is 9.59 Å². The predicted molar refractivity (Wildman–Crippen MR) is 367 cm³/mol. The van der Waals surface area contributed by atoms with Crippen molar-refractivity contribution in [1.29, 1.82) is 0 Å². The van der Waals surface area contributed by atoms with E-state index in [1.807, 2.05) is 13.8 Å². The van der Waals surface area contributed by atoms with Gasteiger partial charge in [-0.05, 0) is 81.0 Å². The molecule has 1 aliphatic heterocycles. The maximum atomic E-state index is 15.8. The number of aliphatic hydroxyl groups is 7. The molecule has 1 saturated heterocycles. The maximum absolute atomic E-state index is 15.8. The summed E-state index contributed by atoms with van der Waals surface area (Å²) in [5.41, 5.74) is -7.70. The van der Waals surface area contributed by atoms with Gasteiger partial charge in [0.1, 0.15) is 42.8 Å². The molecule has 2 amide bonds. The van der Waals surface area contributed by atoms with E-state index in [1.165, 1.54) is 92.3 Å². The molecule has 30 nitrogen and oxygen atoms in total. The Morgan fingerprint density at radius 1 is 0.654 bits per heavy atom. The van der Waals surface area contributed by atoms with Crippen molar-refractivity contribution < 1.29 is 136 Å². The van der Waals surface area contributed by atoms with Crippen molar-refractivity contribution in [2.24, 2.45) is 22.2 Å². The number of hydrogen-bond acceptors (Lipinski definition) is 28. The summed E-state index contributed by atoms with van der Waals surface area (Å²) in [6, 6.07) is 22.0. The molecule has 0 aromatic heterocycles. The Kier molecular flexibility index (Phi) is 34.2. The number of fused-ring (bicyclic) bond motifs is 5.